The topological polar surface area (TPSA) is 64.3 Å². The molecule has 3 N–H and O–H groups in total. The van der Waals surface area contributed by atoms with Gasteiger partial charge < -0.3 is 15.8 Å². The van der Waals surface area contributed by atoms with Crippen molar-refractivity contribution >= 4 is 18.3 Å². The van der Waals surface area contributed by atoms with Gasteiger partial charge in [0.05, 0.1) is 13.1 Å². The first-order valence-corrected chi connectivity index (χ1v) is 5.89. The summed E-state index contributed by atoms with van der Waals surface area (Å²) in [6, 6.07) is 5.51. The molecule has 1 amide bonds. The minimum absolute atomic E-state index is 0. The lowest BCUT2D eigenvalue weighted by Gasteiger charge is -2.15. The van der Waals surface area contributed by atoms with E-state index in [1.807, 2.05) is 26.0 Å². The van der Waals surface area contributed by atoms with Gasteiger partial charge in [0.2, 0.25) is 0 Å². The molecule has 0 fully saturated rings. The molecule has 0 atom stereocenters. The lowest BCUT2D eigenvalue weighted by atomic mass is 10.1. The number of hydrogen-bond donors (Lipinski definition) is 2. The lowest BCUT2D eigenvalue weighted by molar-refractivity contribution is -0.124. The molecule has 0 spiro atoms. The molecule has 1 aromatic rings. The molecule has 0 saturated heterocycles. The summed E-state index contributed by atoms with van der Waals surface area (Å²) in [5.41, 5.74) is 6.83. The van der Waals surface area contributed by atoms with Crippen LogP contribution in [-0.2, 0) is 4.79 Å². The molecule has 4 nitrogen and oxygen atoms in total. The SMILES string of the molecule is Cc1ccc(OCC(=O)NCC(F)(F)CN)c(C)c1.Cl. The maximum absolute atomic E-state index is 12.8. The first-order valence-electron chi connectivity index (χ1n) is 5.89. The van der Waals surface area contributed by atoms with Gasteiger partial charge in [0, 0.05) is 0 Å². The van der Waals surface area contributed by atoms with Gasteiger partial charge in [-0.1, -0.05) is 17.7 Å². The molecule has 0 aliphatic carbocycles. The number of alkyl halides is 2. The molecule has 7 heteroatoms. The first kappa shape index (κ1) is 18.6. The van der Waals surface area contributed by atoms with E-state index in [4.69, 9.17) is 10.5 Å². The second kappa shape index (κ2) is 8.01. The van der Waals surface area contributed by atoms with Crippen molar-refractivity contribution in [3.63, 3.8) is 0 Å². The van der Waals surface area contributed by atoms with Crippen LogP contribution < -0.4 is 15.8 Å². The Morgan fingerprint density at radius 3 is 2.60 bits per heavy atom. The van der Waals surface area contributed by atoms with Crippen molar-refractivity contribution < 1.29 is 18.3 Å². The molecular weight excluding hydrogens is 290 g/mol. The van der Waals surface area contributed by atoms with Crippen LogP contribution in [0, 0.1) is 13.8 Å². The minimum atomic E-state index is -3.09. The van der Waals surface area contributed by atoms with Crippen molar-refractivity contribution in [1.82, 2.24) is 5.32 Å². The highest BCUT2D eigenvalue weighted by atomic mass is 35.5. The zero-order valence-electron chi connectivity index (χ0n) is 11.4. The van der Waals surface area contributed by atoms with Gasteiger partial charge >= 0.3 is 0 Å². The van der Waals surface area contributed by atoms with Crippen molar-refractivity contribution in [2.45, 2.75) is 19.8 Å². The van der Waals surface area contributed by atoms with Crippen LogP contribution >= 0.6 is 12.4 Å². The molecule has 0 bridgehead atoms. The van der Waals surface area contributed by atoms with Crippen LogP contribution in [0.1, 0.15) is 11.1 Å². The number of aryl methyl sites for hydroxylation is 2. The van der Waals surface area contributed by atoms with E-state index in [0.29, 0.717) is 5.75 Å². The Hall–Kier alpha value is -1.40. The maximum Gasteiger partial charge on any atom is 0.277 e. The summed E-state index contributed by atoms with van der Waals surface area (Å²) < 4.78 is 30.9. The monoisotopic (exact) mass is 308 g/mol. The largest absolute Gasteiger partial charge is 0.484 e. The second-order valence-electron chi connectivity index (χ2n) is 4.39. The fourth-order valence-electron chi connectivity index (χ4n) is 1.46. The number of hydrogen-bond acceptors (Lipinski definition) is 3. The second-order valence-corrected chi connectivity index (χ2v) is 4.39. The van der Waals surface area contributed by atoms with E-state index in [1.165, 1.54) is 0 Å². The normalized spacial score (nSPS) is 10.7. The van der Waals surface area contributed by atoms with Crippen LogP contribution in [0.4, 0.5) is 8.78 Å². The number of halogens is 3. The Labute approximate surface area is 123 Å². The molecule has 0 radical (unpaired) electrons. The zero-order valence-corrected chi connectivity index (χ0v) is 12.2. The van der Waals surface area contributed by atoms with Crippen LogP contribution in [0.5, 0.6) is 5.75 Å². The predicted molar refractivity (Wildman–Crippen MR) is 75.7 cm³/mol. The summed E-state index contributed by atoms with van der Waals surface area (Å²) in [7, 11) is 0. The number of ether oxygens (including phenoxy) is 1. The smallest absolute Gasteiger partial charge is 0.277 e. The highest BCUT2D eigenvalue weighted by Crippen LogP contribution is 2.18. The summed E-state index contributed by atoms with van der Waals surface area (Å²) in [5, 5.41) is 2.08. The van der Waals surface area contributed by atoms with Gasteiger partial charge in [0.15, 0.2) is 6.61 Å². The Morgan fingerprint density at radius 1 is 1.40 bits per heavy atom. The summed E-state index contributed by atoms with van der Waals surface area (Å²) in [6.45, 7) is 1.91. The third kappa shape index (κ3) is 6.16. The standard InChI is InChI=1S/C13H18F2N2O2.ClH/c1-9-3-4-11(10(2)5-9)19-6-12(18)17-8-13(14,15)7-16;/h3-5H,6-8,16H2,1-2H3,(H,17,18);1H. The highest BCUT2D eigenvalue weighted by Gasteiger charge is 2.27. The zero-order chi connectivity index (χ0) is 14.5. The molecular formula is C13H19ClF2N2O2. The highest BCUT2D eigenvalue weighted by molar-refractivity contribution is 5.85. The van der Waals surface area contributed by atoms with Crippen LogP contribution in [0.25, 0.3) is 0 Å². The van der Waals surface area contributed by atoms with Crippen LogP contribution in [0.2, 0.25) is 0 Å². The van der Waals surface area contributed by atoms with Crippen molar-refractivity contribution in [3.8, 4) is 5.75 Å². The summed E-state index contributed by atoms with van der Waals surface area (Å²) in [5.74, 6) is -3.13. The summed E-state index contributed by atoms with van der Waals surface area (Å²) in [4.78, 5) is 11.3. The van der Waals surface area contributed by atoms with Gasteiger partial charge in [-0.25, -0.2) is 8.78 Å². The van der Waals surface area contributed by atoms with Gasteiger partial charge in [0.25, 0.3) is 11.8 Å². The molecule has 114 valence electrons. The molecule has 0 aliphatic heterocycles. The summed E-state index contributed by atoms with van der Waals surface area (Å²) >= 11 is 0. The van der Waals surface area contributed by atoms with E-state index in [0.717, 1.165) is 11.1 Å². The molecule has 0 unspecified atom stereocenters. The van der Waals surface area contributed by atoms with Gasteiger partial charge in [-0.3, -0.25) is 4.79 Å². The summed E-state index contributed by atoms with van der Waals surface area (Å²) in [6.07, 6.45) is 0. The quantitative estimate of drug-likeness (QED) is 0.842. The molecule has 0 aliphatic rings. The Morgan fingerprint density at radius 2 is 2.05 bits per heavy atom. The van der Waals surface area contributed by atoms with Gasteiger partial charge in [-0.15, -0.1) is 12.4 Å². The number of carbonyl (C=O) groups is 1. The molecule has 0 heterocycles. The van der Waals surface area contributed by atoms with Gasteiger partial charge in [-0.2, -0.15) is 0 Å². The van der Waals surface area contributed by atoms with E-state index < -0.39 is 24.9 Å². The number of benzene rings is 1. The number of amides is 1. The van der Waals surface area contributed by atoms with E-state index in [2.05, 4.69) is 5.32 Å². The fourth-order valence-corrected chi connectivity index (χ4v) is 1.46. The van der Waals surface area contributed by atoms with Gasteiger partial charge in [-0.05, 0) is 25.5 Å². The van der Waals surface area contributed by atoms with E-state index in [1.54, 1.807) is 6.07 Å². The van der Waals surface area contributed by atoms with Gasteiger partial charge in [0.1, 0.15) is 5.75 Å². The number of nitrogens with one attached hydrogen (secondary N) is 1. The van der Waals surface area contributed by atoms with Crippen molar-refractivity contribution in [2.24, 2.45) is 5.73 Å². The molecule has 0 saturated carbocycles. The van der Waals surface area contributed by atoms with Crippen molar-refractivity contribution in [3.05, 3.63) is 29.3 Å². The Balaban J connectivity index is 0.00000361. The maximum atomic E-state index is 12.8. The molecule has 1 aromatic carbocycles. The third-order valence-electron chi connectivity index (χ3n) is 2.53. The van der Waals surface area contributed by atoms with E-state index >= 15 is 0 Å². The van der Waals surface area contributed by atoms with E-state index in [-0.39, 0.29) is 19.0 Å². The Bertz CT molecular complexity index is 456. The lowest BCUT2D eigenvalue weighted by Crippen LogP contribution is -2.43. The fraction of sp³-hybridized carbons (Fsp3) is 0.462. The van der Waals surface area contributed by atoms with Crippen molar-refractivity contribution in [2.75, 3.05) is 19.7 Å². The average Bonchev–Trinajstić information content (AvgIpc) is 2.35. The van der Waals surface area contributed by atoms with E-state index in [9.17, 15) is 13.6 Å². The van der Waals surface area contributed by atoms with Crippen LogP contribution in [0.3, 0.4) is 0 Å². The first-order chi connectivity index (χ1) is 8.84. The number of rotatable bonds is 6. The number of nitrogens with two attached hydrogens (primary N) is 1. The Kier molecular flexibility index (Phi) is 7.45. The average molecular weight is 309 g/mol. The molecule has 1 rings (SSSR count). The predicted octanol–water partition coefficient (Wildman–Crippen LogP) is 1.81. The minimum Gasteiger partial charge on any atom is -0.484 e. The third-order valence-corrected chi connectivity index (χ3v) is 2.53. The van der Waals surface area contributed by atoms with Crippen LogP contribution in [-0.4, -0.2) is 31.5 Å². The number of carbonyl (C=O) groups excluding carboxylic acids is 1. The molecule has 20 heavy (non-hydrogen) atoms. The van der Waals surface area contributed by atoms with Crippen molar-refractivity contribution in [1.29, 1.82) is 0 Å². The van der Waals surface area contributed by atoms with Crippen LogP contribution in [0.15, 0.2) is 18.2 Å². The molecule has 0 aromatic heterocycles.